The molecule has 0 atom stereocenters. The third-order valence-electron chi connectivity index (χ3n) is 3.40. The molecule has 0 radical (unpaired) electrons. The summed E-state index contributed by atoms with van der Waals surface area (Å²) in [6, 6.07) is 9.06. The van der Waals surface area contributed by atoms with Crippen LogP contribution in [-0.2, 0) is 4.79 Å². The van der Waals surface area contributed by atoms with Crippen LogP contribution in [0.2, 0.25) is 5.02 Å². The number of carbonyl (C=O) groups excluding carboxylic acids is 1. The summed E-state index contributed by atoms with van der Waals surface area (Å²) < 4.78 is 23.3. The van der Waals surface area contributed by atoms with Gasteiger partial charge >= 0.3 is 0 Å². The summed E-state index contributed by atoms with van der Waals surface area (Å²) in [5, 5.41) is 3.14. The number of methoxy groups -OCH3 is 2. The predicted octanol–water partition coefficient (Wildman–Crippen LogP) is 3.57. The van der Waals surface area contributed by atoms with Crippen molar-refractivity contribution in [2.75, 3.05) is 38.0 Å². The van der Waals surface area contributed by atoms with Crippen LogP contribution < -0.4 is 19.7 Å². The summed E-state index contributed by atoms with van der Waals surface area (Å²) in [7, 11) is 4.71. The number of rotatable bonds is 6. The second kappa shape index (κ2) is 7.88. The Bertz CT molecular complexity index is 723. The van der Waals surface area contributed by atoms with E-state index in [0.717, 1.165) is 5.69 Å². The zero-order chi connectivity index (χ0) is 17.7. The third-order valence-corrected chi connectivity index (χ3v) is 3.69. The normalized spacial score (nSPS) is 10.2. The summed E-state index contributed by atoms with van der Waals surface area (Å²) in [6.45, 7) is 0.0831. The zero-order valence-electron chi connectivity index (χ0n) is 13.6. The maximum Gasteiger partial charge on any atom is 0.243 e. The van der Waals surface area contributed by atoms with Crippen LogP contribution in [0.15, 0.2) is 36.4 Å². The highest BCUT2D eigenvalue weighted by Crippen LogP contribution is 2.35. The first kappa shape index (κ1) is 17.9. The molecule has 0 aliphatic rings. The van der Waals surface area contributed by atoms with Gasteiger partial charge in [0.25, 0.3) is 0 Å². The first-order valence-corrected chi connectivity index (χ1v) is 7.50. The Labute approximate surface area is 144 Å². The van der Waals surface area contributed by atoms with Crippen LogP contribution >= 0.6 is 11.6 Å². The van der Waals surface area contributed by atoms with Gasteiger partial charge in [0.05, 0.1) is 31.5 Å². The molecule has 1 amide bonds. The Hall–Kier alpha value is -2.47. The molecule has 2 rings (SSSR count). The van der Waals surface area contributed by atoms with Crippen LogP contribution in [0.1, 0.15) is 0 Å². The fraction of sp³-hybridized carbons (Fsp3) is 0.235. The monoisotopic (exact) mass is 352 g/mol. The predicted molar refractivity (Wildman–Crippen MR) is 92.9 cm³/mol. The molecule has 0 aliphatic heterocycles. The summed E-state index contributed by atoms with van der Waals surface area (Å²) in [6.07, 6.45) is 0. The van der Waals surface area contributed by atoms with Gasteiger partial charge in [-0.3, -0.25) is 4.79 Å². The third kappa shape index (κ3) is 4.29. The first-order chi connectivity index (χ1) is 11.4. The minimum absolute atomic E-state index is 0.0831. The Morgan fingerprint density at radius 2 is 1.79 bits per heavy atom. The number of amides is 1. The highest BCUT2D eigenvalue weighted by Gasteiger charge is 2.14. The van der Waals surface area contributed by atoms with Crippen LogP contribution in [0.4, 0.5) is 15.8 Å². The van der Waals surface area contributed by atoms with Crippen molar-refractivity contribution >= 4 is 28.9 Å². The average Bonchev–Trinajstić information content (AvgIpc) is 2.56. The zero-order valence-corrected chi connectivity index (χ0v) is 14.4. The van der Waals surface area contributed by atoms with Crippen molar-refractivity contribution < 1.29 is 18.7 Å². The molecule has 0 spiro atoms. The highest BCUT2D eigenvalue weighted by atomic mass is 35.5. The van der Waals surface area contributed by atoms with Gasteiger partial charge in [0.1, 0.15) is 17.3 Å². The van der Waals surface area contributed by atoms with Crippen molar-refractivity contribution in [2.45, 2.75) is 0 Å². The van der Waals surface area contributed by atoms with Gasteiger partial charge in [0.15, 0.2) is 0 Å². The molecular formula is C17H18ClFN2O3. The van der Waals surface area contributed by atoms with Gasteiger partial charge in [-0.25, -0.2) is 4.39 Å². The van der Waals surface area contributed by atoms with E-state index in [1.807, 2.05) is 0 Å². The standard InChI is InChI=1S/C17H18ClFN2O3/c1-21(12-6-4-11(19)5-7-12)10-17(22)20-14-9-15(23-2)13(18)8-16(14)24-3/h4-9H,10H2,1-3H3,(H,20,22). The Morgan fingerprint density at radius 1 is 1.17 bits per heavy atom. The summed E-state index contributed by atoms with van der Waals surface area (Å²) in [4.78, 5) is 14.0. The van der Waals surface area contributed by atoms with E-state index >= 15 is 0 Å². The van der Waals surface area contributed by atoms with E-state index in [9.17, 15) is 9.18 Å². The number of nitrogens with one attached hydrogen (secondary N) is 1. The minimum Gasteiger partial charge on any atom is -0.495 e. The number of carbonyl (C=O) groups is 1. The fourth-order valence-corrected chi connectivity index (χ4v) is 2.38. The molecule has 0 heterocycles. The van der Waals surface area contributed by atoms with Crippen molar-refractivity contribution in [2.24, 2.45) is 0 Å². The lowest BCUT2D eigenvalue weighted by molar-refractivity contribution is -0.114. The van der Waals surface area contributed by atoms with Crippen molar-refractivity contribution in [1.82, 2.24) is 0 Å². The number of ether oxygens (including phenoxy) is 2. The minimum atomic E-state index is -0.324. The largest absolute Gasteiger partial charge is 0.495 e. The number of benzene rings is 2. The molecule has 0 saturated carbocycles. The average molecular weight is 353 g/mol. The van der Waals surface area contributed by atoms with E-state index < -0.39 is 0 Å². The van der Waals surface area contributed by atoms with Crippen LogP contribution in [0.25, 0.3) is 0 Å². The molecule has 5 nitrogen and oxygen atoms in total. The molecule has 0 saturated heterocycles. The maximum absolute atomic E-state index is 13.0. The van der Waals surface area contributed by atoms with Crippen LogP contribution in [-0.4, -0.2) is 33.7 Å². The molecule has 0 aromatic heterocycles. The van der Waals surface area contributed by atoms with Crippen LogP contribution in [0.3, 0.4) is 0 Å². The van der Waals surface area contributed by atoms with E-state index in [1.54, 1.807) is 36.2 Å². The lowest BCUT2D eigenvalue weighted by Crippen LogP contribution is -2.30. The van der Waals surface area contributed by atoms with Gasteiger partial charge < -0.3 is 19.7 Å². The van der Waals surface area contributed by atoms with Gasteiger partial charge in [-0.15, -0.1) is 0 Å². The molecule has 1 N–H and O–H groups in total. The molecular weight excluding hydrogens is 335 g/mol. The molecule has 2 aromatic rings. The fourth-order valence-electron chi connectivity index (χ4n) is 2.15. The summed E-state index contributed by atoms with van der Waals surface area (Å²) in [5.41, 5.74) is 1.18. The smallest absolute Gasteiger partial charge is 0.243 e. The van der Waals surface area contributed by atoms with Crippen LogP contribution in [0.5, 0.6) is 11.5 Å². The molecule has 0 aliphatic carbocycles. The molecule has 0 unspecified atom stereocenters. The Morgan fingerprint density at radius 3 is 2.38 bits per heavy atom. The molecule has 0 bridgehead atoms. The van der Waals surface area contributed by atoms with Crippen molar-refractivity contribution in [3.63, 3.8) is 0 Å². The van der Waals surface area contributed by atoms with Crippen molar-refractivity contribution in [3.8, 4) is 11.5 Å². The van der Waals surface area contributed by atoms with Gasteiger partial charge in [0.2, 0.25) is 5.91 Å². The maximum atomic E-state index is 13.0. The molecule has 2 aromatic carbocycles. The van der Waals surface area contributed by atoms with E-state index in [0.29, 0.717) is 22.2 Å². The number of nitrogens with zero attached hydrogens (tertiary/aromatic N) is 1. The molecule has 128 valence electrons. The highest BCUT2D eigenvalue weighted by molar-refractivity contribution is 6.32. The van der Waals surface area contributed by atoms with E-state index in [2.05, 4.69) is 5.32 Å². The number of hydrogen-bond donors (Lipinski definition) is 1. The number of anilines is 2. The van der Waals surface area contributed by atoms with Crippen molar-refractivity contribution in [1.29, 1.82) is 0 Å². The number of halogens is 2. The van der Waals surface area contributed by atoms with Gasteiger partial charge in [0, 0.05) is 24.9 Å². The van der Waals surface area contributed by atoms with Gasteiger partial charge in [-0.1, -0.05) is 11.6 Å². The lowest BCUT2D eigenvalue weighted by atomic mass is 10.2. The SMILES string of the molecule is COc1cc(NC(=O)CN(C)c2ccc(F)cc2)c(OC)cc1Cl. The van der Waals surface area contributed by atoms with Crippen molar-refractivity contribution in [3.05, 3.63) is 47.2 Å². The quantitative estimate of drug-likeness (QED) is 0.863. The van der Waals surface area contributed by atoms with Gasteiger partial charge in [-0.2, -0.15) is 0 Å². The summed E-state index contributed by atoms with van der Waals surface area (Å²) >= 11 is 6.04. The molecule has 7 heteroatoms. The second-order valence-corrected chi connectivity index (χ2v) is 5.47. The number of hydrogen-bond acceptors (Lipinski definition) is 4. The molecule has 24 heavy (non-hydrogen) atoms. The van der Waals surface area contributed by atoms with E-state index in [4.69, 9.17) is 21.1 Å². The lowest BCUT2D eigenvalue weighted by Gasteiger charge is -2.19. The van der Waals surface area contributed by atoms with Gasteiger partial charge in [-0.05, 0) is 24.3 Å². The van der Waals surface area contributed by atoms with E-state index in [1.165, 1.54) is 26.4 Å². The number of likely N-dealkylation sites (N-methyl/N-ethyl adjacent to an activating group) is 1. The Kier molecular flexibility index (Phi) is 5.87. The second-order valence-electron chi connectivity index (χ2n) is 5.07. The molecule has 0 fully saturated rings. The summed E-state index contributed by atoms with van der Waals surface area (Å²) in [5.74, 6) is 0.275. The Balaban J connectivity index is 2.10. The van der Waals surface area contributed by atoms with Crippen LogP contribution in [0, 0.1) is 5.82 Å². The topological polar surface area (TPSA) is 50.8 Å². The first-order valence-electron chi connectivity index (χ1n) is 7.12. The van der Waals surface area contributed by atoms with E-state index in [-0.39, 0.29) is 18.3 Å².